The van der Waals surface area contributed by atoms with Gasteiger partial charge in [-0.05, 0) is 36.3 Å². The predicted octanol–water partition coefficient (Wildman–Crippen LogP) is 2.94. The number of hydrazone groups is 1. The highest BCUT2D eigenvalue weighted by molar-refractivity contribution is 6.22. The van der Waals surface area contributed by atoms with Crippen molar-refractivity contribution in [1.82, 2.24) is 0 Å². The average molecular weight is 295 g/mol. The van der Waals surface area contributed by atoms with Crippen LogP contribution in [0.5, 0.6) is 0 Å². The standard InChI is InChI=1S/C16H13N3O3/c1-8-12-6-5-10-3-4-11-7-13(19(21)22)16(15(12)14(10)11)18(17-8)9(2)20/h5-7H,3-4H2,1-2H3. The molecule has 2 aromatic rings. The normalized spacial score (nSPS) is 15.2. The van der Waals surface area contributed by atoms with Gasteiger partial charge in [0.25, 0.3) is 5.69 Å². The number of nitro benzene ring substituents is 1. The molecule has 0 N–H and O–H groups in total. The number of amides is 1. The van der Waals surface area contributed by atoms with E-state index in [1.165, 1.54) is 17.5 Å². The van der Waals surface area contributed by atoms with Gasteiger partial charge in [-0.3, -0.25) is 14.9 Å². The molecule has 6 nitrogen and oxygen atoms in total. The highest BCUT2D eigenvalue weighted by Gasteiger charge is 2.34. The van der Waals surface area contributed by atoms with Gasteiger partial charge < -0.3 is 0 Å². The molecule has 4 rings (SSSR count). The van der Waals surface area contributed by atoms with Crippen molar-refractivity contribution in [2.24, 2.45) is 5.10 Å². The molecule has 0 saturated heterocycles. The molecule has 22 heavy (non-hydrogen) atoms. The molecule has 1 amide bonds. The Labute approximate surface area is 126 Å². The number of hydrogen-bond acceptors (Lipinski definition) is 4. The molecule has 0 unspecified atom stereocenters. The van der Waals surface area contributed by atoms with E-state index in [1.54, 1.807) is 6.07 Å². The van der Waals surface area contributed by atoms with Crippen LogP contribution in [0.2, 0.25) is 0 Å². The molecule has 110 valence electrons. The van der Waals surface area contributed by atoms with Gasteiger partial charge in [0.05, 0.1) is 10.6 Å². The predicted molar refractivity (Wildman–Crippen MR) is 83.4 cm³/mol. The van der Waals surface area contributed by atoms with Gasteiger partial charge in [0.15, 0.2) is 5.69 Å². The van der Waals surface area contributed by atoms with E-state index < -0.39 is 4.92 Å². The van der Waals surface area contributed by atoms with Crippen LogP contribution in [0, 0.1) is 10.1 Å². The lowest BCUT2D eigenvalue weighted by Crippen LogP contribution is -2.28. The smallest absolute Gasteiger partial charge is 0.273 e. The Kier molecular flexibility index (Phi) is 2.43. The van der Waals surface area contributed by atoms with Gasteiger partial charge in [0, 0.05) is 23.9 Å². The van der Waals surface area contributed by atoms with E-state index in [4.69, 9.17) is 0 Å². The maximum Gasteiger partial charge on any atom is 0.295 e. The Morgan fingerprint density at radius 2 is 2.00 bits per heavy atom. The number of nitrogens with zero attached hydrogens (tertiary/aromatic N) is 3. The average Bonchev–Trinajstić information content (AvgIpc) is 2.89. The second kappa shape index (κ2) is 4.13. The van der Waals surface area contributed by atoms with E-state index >= 15 is 0 Å². The van der Waals surface area contributed by atoms with Crippen LogP contribution in [0.4, 0.5) is 11.4 Å². The summed E-state index contributed by atoms with van der Waals surface area (Å²) in [5.74, 6) is -0.327. The monoisotopic (exact) mass is 295 g/mol. The van der Waals surface area contributed by atoms with E-state index in [9.17, 15) is 14.9 Å². The minimum absolute atomic E-state index is 0.0470. The van der Waals surface area contributed by atoms with Crippen LogP contribution < -0.4 is 5.01 Å². The van der Waals surface area contributed by atoms with Crippen molar-refractivity contribution in [1.29, 1.82) is 0 Å². The molecule has 0 saturated carbocycles. The number of nitro groups is 1. The quantitative estimate of drug-likeness (QED) is 0.599. The Hall–Kier alpha value is -2.76. The Bertz CT molecular complexity index is 915. The minimum Gasteiger partial charge on any atom is -0.273 e. The van der Waals surface area contributed by atoms with Crippen molar-refractivity contribution >= 4 is 33.8 Å². The summed E-state index contributed by atoms with van der Waals surface area (Å²) in [4.78, 5) is 23.0. The van der Waals surface area contributed by atoms with Crippen molar-refractivity contribution in [2.45, 2.75) is 26.7 Å². The van der Waals surface area contributed by atoms with Crippen molar-refractivity contribution < 1.29 is 9.72 Å². The number of carbonyl (C=O) groups is 1. The molecule has 0 radical (unpaired) electrons. The maximum absolute atomic E-state index is 12.0. The lowest BCUT2D eigenvalue weighted by molar-refractivity contribution is -0.384. The number of carbonyl (C=O) groups excluding carboxylic acids is 1. The molecule has 2 aliphatic rings. The van der Waals surface area contributed by atoms with Crippen molar-refractivity contribution in [2.75, 3.05) is 5.01 Å². The van der Waals surface area contributed by atoms with Crippen LogP contribution in [-0.2, 0) is 17.6 Å². The molecule has 0 spiro atoms. The van der Waals surface area contributed by atoms with Gasteiger partial charge in [0.1, 0.15) is 0 Å². The van der Waals surface area contributed by atoms with E-state index in [-0.39, 0.29) is 11.6 Å². The molecule has 1 aliphatic heterocycles. The molecular weight excluding hydrogens is 282 g/mol. The number of hydrogen-bond donors (Lipinski definition) is 0. The van der Waals surface area contributed by atoms with E-state index in [2.05, 4.69) is 11.2 Å². The zero-order chi connectivity index (χ0) is 15.6. The first-order valence-corrected chi connectivity index (χ1v) is 7.11. The lowest BCUT2D eigenvalue weighted by Gasteiger charge is -2.25. The minimum atomic E-state index is -0.424. The molecule has 1 heterocycles. The van der Waals surface area contributed by atoms with Crippen molar-refractivity contribution in [3.63, 3.8) is 0 Å². The zero-order valence-corrected chi connectivity index (χ0v) is 12.2. The highest BCUT2D eigenvalue weighted by Crippen LogP contribution is 2.46. The first-order chi connectivity index (χ1) is 10.5. The summed E-state index contributed by atoms with van der Waals surface area (Å²) in [7, 11) is 0. The Morgan fingerprint density at radius 3 is 2.68 bits per heavy atom. The summed E-state index contributed by atoms with van der Waals surface area (Å²) in [5.41, 5.74) is 4.00. The summed E-state index contributed by atoms with van der Waals surface area (Å²) in [5, 5.41) is 18.8. The molecule has 1 aliphatic carbocycles. The number of rotatable bonds is 1. The summed E-state index contributed by atoms with van der Waals surface area (Å²) in [6.45, 7) is 3.19. The molecular formula is C16H13N3O3. The third kappa shape index (κ3) is 1.49. The largest absolute Gasteiger partial charge is 0.295 e. The first kappa shape index (κ1) is 12.9. The molecule has 0 aromatic heterocycles. The van der Waals surface area contributed by atoms with Crippen molar-refractivity contribution in [3.05, 3.63) is 45.0 Å². The lowest BCUT2D eigenvalue weighted by atomic mass is 9.94. The molecule has 0 bridgehead atoms. The van der Waals surface area contributed by atoms with Gasteiger partial charge in [0.2, 0.25) is 5.91 Å². The van der Waals surface area contributed by atoms with Gasteiger partial charge >= 0.3 is 0 Å². The van der Waals surface area contributed by atoms with Gasteiger partial charge in [-0.1, -0.05) is 12.1 Å². The van der Waals surface area contributed by atoms with Crippen LogP contribution in [0.25, 0.3) is 10.8 Å². The fourth-order valence-corrected chi connectivity index (χ4v) is 3.50. The summed E-state index contributed by atoms with van der Waals surface area (Å²) in [6, 6.07) is 5.62. The zero-order valence-electron chi connectivity index (χ0n) is 12.2. The molecule has 2 aromatic carbocycles. The highest BCUT2D eigenvalue weighted by atomic mass is 16.6. The maximum atomic E-state index is 12.0. The summed E-state index contributed by atoms with van der Waals surface area (Å²) < 4.78 is 0. The van der Waals surface area contributed by atoms with Crippen LogP contribution in [0.3, 0.4) is 0 Å². The third-order valence-electron chi connectivity index (χ3n) is 4.41. The molecule has 6 heteroatoms. The molecule has 0 atom stereocenters. The van der Waals surface area contributed by atoms with Crippen LogP contribution >= 0.6 is 0 Å². The van der Waals surface area contributed by atoms with Crippen LogP contribution in [-0.4, -0.2) is 16.5 Å². The second-order valence-corrected chi connectivity index (χ2v) is 5.70. The topological polar surface area (TPSA) is 75.8 Å². The Balaban J connectivity index is 2.24. The van der Waals surface area contributed by atoms with Gasteiger partial charge in [-0.25, -0.2) is 0 Å². The van der Waals surface area contributed by atoms with E-state index in [0.717, 1.165) is 34.7 Å². The van der Waals surface area contributed by atoms with E-state index in [1.807, 2.05) is 13.0 Å². The Morgan fingerprint density at radius 1 is 1.27 bits per heavy atom. The number of anilines is 1. The third-order valence-corrected chi connectivity index (χ3v) is 4.41. The van der Waals surface area contributed by atoms with Crippen molar-refractivity contribution in [3.8, 4) is 0 Å². The van der Waals surface area contributed by atoms with Crippen LogP contribution in [0.15, 0.2) is 23.3 Å². The number of aryl methyl sites for hydroxylation is 2. The van der Waals surface area contributed by atoms with E-state index in [0.29, 0.717) is 11.4 Å². The summed E-state index contributed by atoms with van der Waals surface area (Å²) >= 11 is 0. The van der Waals surface area contributed by atoms with Gasteiger partial charge in [-0.15, -0.1) is 0 Å². The summed E-state index contributed by atoms with van der Waals surface area (Å²) in [6.07, 6.45) is 1.68. The van der Waals surface area contributed by atoms with Crippen LogP contribution in [0.1, 0.15) is 30.5 Å². The SMILES string of the molecule is CC(=O)N1N=C(C)c2ccc3c4c(cc([N+](=O)[O-])c1c24)CC3. The molecule has 0 fully saturated rings. The second-order valence-electron chi connectivity index (χ2n) is 5.70. The number of benzene rings is 2. The van der Waals surface area contributed by atoms with Gasteiger partial charge in [-0.2, -0.15) is 10.1 Å². The fraction of sp³-hybridized carbons (Fsp3) is 0.250. The first-order valence-electron chi connectivity index (χ1n) is 7.11. The fourth-order valence-electron chi connectivity index (χ4n) is 3.50.